The molecule has 0 aliphatic heterocycles. The summed E-state index contributed by atoms with van der Waals surface area (Å²) in [6.45, 7) is 3.00. The number of aliphatic hydroxyl groups is 1. The van der Waals surface area contributed by atoms with Crippen LogP contribution < -0.4 is 5.32 Å². The number of esters is 1. The predicted molar refractivity (Wildman–Crippen MR) is 173 cm³/mol. The van der Waals surface area contributed by atoms with Crippen molar-refractivity contribution >= 4 is 19.7 Å². The zero-order valence-corrected chi connectivity index (χ0v) is 27.3. The Hall–Kier alpha value is -2.29. The zero-order chi connectivity index (χ0) is 31.9. The topological polar surface area (TPSA) is 131 Å². The first kappa shape index (κ1) is 40.7. The molecule has 0 aromatic rings. The van der Waals surface area contributed by atoms with Crippen molar-refractivity contribution in [1.82, 2.24) is 5.32 Å². The van der Waals surface area contributed by atoms with Gasteiger partial charge in [-0.1, -0.05) is 93.9 Å². The van der Waals surface area contributed by atoms with Gasteiger partial charge in [0.25, 0.3) is 0 Å². The van der Waals surface area contributed by atoms with Crippen molar-refractivity contribution in [3.8, 4) is 0 Å². The number of carbonyl (C=O) groups is 2. The Balaban J connectivity index is 3.65. The molecule has 0 saturated carbocycles. The van der Waals surface area contributed by atoms with Gasteiger partial charge in [-0.25, -0.2) is 4.57 Å². The van der Waals surface area contributed by atoms with Gasteiger partial charge in [0.2, 0.25) is 5.91 Å². The van der Waals surface area contributed by atoms with Gasteiger partial charge in [0.1, 0.15) is 12.7 Å². The van der Waals surface area contributed by atoms with Crippen molar-refractivity contribution < 1.29 is 37.9 Å². The summed E-state index contributed by atoms with van der Waals surface area (Å²) in [6, 6.07) is 0. The number of hydrogen-bond acceptors (Lipinski definition) is 7. The van der Waals surface area contributed by atoms with Gasteiger partial charge in [0.15, 0.2) is 0 Å². The third kappa shape index (κ3) is 31.0. The highest BCUT2D eigenvalue weighted by Crippen LogP contribution is 2.42. The first-order valence-electron chi connectivity index (χ1n) is 15.8. The molecule has 0 bridgehead atoms. The van der Waals surface area contributed by atoms with Crippen LogP contribution in [0, 0.1) is 0 Å². The van der Waals surface area contributed by atoms with Crippen LogP contribution in [-0.2, 0) is 27.9 Å². The van der Waals surface area contributed by atoms with Gasteiger partial charge in [-0.2, -0.15) is 0 Å². The molecule has 0 aliphatic rings. The molecule has 0 saturated heterocycles. The van der Waals surface area contributed by atoms with E-state index in [1.165, 1.54) is 0 Å². The number of amides is 1. The maximum atomic E-state index is 11.9. The van der Waals surface area contributed by atoms with Gasteiger partial charge in [-0.05, 0) is 57.8 Å². The summed E-state index contributed by atoms with van der Waals surface area (Å²) in [6.07, 6.45) is 33.0. The van der Waals surface area contributed by atoms with E-state index in [4.69, 9.17) is 13.8 Å². The fraction of sp³-hybridized carbons (Fsp3) is 0.636. The average molecular weight is 626 g/mol. The van der Waals surface area contributed by atoms with E-state index in [1.807, 2.05) is 6.92 Å². The molecule has 0 heterocycles. The number of allylic oxidation sites excluding steroid dienone is 10. The molecule has 0 aliphatic carbocycles. The van der Waals surface area contributed by atoms with Gasteiger partial charge in [0.05, 0.1) is 13.2 Å². The summed E-state index contributed by atoms with van der Waals surface area (Å²) in [5.41, 5.74) is 0. The Morgan fingerprint density at radius 1 is 0.744 bits per heavy atom. The van der Waals surface area contributed by atoms with Crippen molar-refractivity contribution in [3.05, 3.63) is 60.8 Å². The van der Waals surface area contributed by atoms with Gasteiger partial charge in [0, 0.05) is 19.4 Å². The van der Waals surface area contributed by atoms with Crippen LogP contribution in [0.3, 0.4) is 0 Å². The van der Waals surface area contributed by atoms with E-state index >= 15 is 0 Å². The summed E-state index contributed by atoms with van der Waals surface area (Å²) >= 11 is 0. The number of phosphoric acid groups is 1. The van der Waals surface area contributed by atoms with Crippen LogP contribution in [-0.4, -0.2) is 54.3 Å². The molecular weight excluding hydrogens is 569 g/mol. The lowest BCUT2D eigenvalue weighted by Gasteiger charge is -2.15. The molecule has 3 N–H and O–H groups in total. The normalized spacial score (nSPS) is 14.4. The summed E-state index contributed by atoms with van der Waals surface area (Å²) in [4.78, 5) is 32.8. The van der Waals surface area contributed by atoms with Gasteiger partial charge < -0.3 is 20.1 Å². The Bertz CT molecular complexity index is 897. The Morgan fingerprint density at radius 3 is 1.91 bits per heavy atom. The minimum absolute atomic E-state index is 0.0667. The number of phosphoric ester groups is 1. The smallest absolute Gasteiger partial charge is 0.463 e. The van der Waals surface area contributed by atoms with Crippen LogP contribution in [0.5, 0.6) is 0 Å². The van der Waals surface area contributed by atoms with Crippen LogP contribution >= 0.6 is 7.82 Å². The molecule has 0 rings (SSSR count). The largest absolute Gasteiger partial charge is 0.472 e. The summed E-state index contributed by atoms with van der Waals surface area (Å²) < 4.78 is 26.3. The highest BCUT2D eigenvalue weighted by Gasteiger charge is 2.23. The second-order valence-corrected chi connectivity index (χ2v) is 11.5. The number of carbonyl (C=O) groups excluding carboxylic acids is 2. The third-order valence-electron chi connectivity index (χ3n) is 5.93. The van der Waals surface area contributed by atoms with E-state index in [0.717, 1.165) is 64.2 Å². The second-order valence-electron chi connectivity index (χ2n) is 10.0. The van der Waals surface area contributed by atoms with Crippen molar-refractivity contribution in [2.24, 2.45) is 0 Å². The molecule has 1 amide bonds. The maximum Gasteiger partial charge on any atom is 0.472 e. The molecular formula is C33H56NO8P. The Morgan fingerprint density at radius 2 is 1.30 bits per heavy atom. The number of nitrogens with one attached hydrogen (secondary N) is 1. The monoisotopic (exact) mass is 625 g/mol. The van der Waals surface area contributed by atoms with Gasteiger partial charge >= 0.3 is 13.8 Å². The SMILES string of the molecule is CC/C=C\C/C=C\C/C=C\C/C=C\C/C=C\CCCCCCCC(=O)OCC(O)COP(=O)(O)OCCNC(=O)CCC. The van der Waals surface area contributed by atoms with Crippen molar-refractivity contribution in [1.29, 1.82) is 0 Å². The molecule has 246 valence electrons. The lowest BCUT2D eigenvalue weighted by atomic mass is 10.1. The minimum atomic E-state index is -4.38. The number of unbranched alkanes of at least 4 members (excludes halogenated alkanes) is 5. The van der Waals surface area contributed by atoms with Crippen molar-refractivity contribution in [2.75, 3.05) is 26.4 Å². The van der Waals surface area contributed by atoms with E-state index in [2.05, 4.69) is 73.0 Å². The number of ether oxygens (including phenoxy) is 1. The highest BCUT2D eigenvalue weighted by molar-refractivity contribution is 7.47. The van der Waals surface area contributed by atoms with E-state index < -0.39 is 26.5 Å². The standard InChI is InChI=1S/C33H56NO8P/c1-3-5-6-7-8-9-10-11-12-13-14-15-16-17-18-19-20-21-22-23-24-26-33(37)40-29-31(35)30-42-43(38,39)41-28-27-34-32(36)25-4-2/h5-6,8-9,11-12,14-15,17-18,31,35H,3-4,7,10,13,16,19-30H2,1-2H3,(H,34,36)(H,38,39)/b6-5-,9-8-,12-11-,15-14-,18-17-. The first-order valence-corrected chi connectivity index (χ1v) is 17.3. The molecule has 2 unspecified atom stereocenters. The van der Waals surface area contributed by atoms with Gasteiger partial charge in [-0.15, -0.1) is 0 Å². The average Bonchev–Trinajstić information content (AvgIpc) is 2.98. The lowest BCUT2D eigenvalue weighted by Crippen LogP contribution is -2.27. The minimum Gasteiger partial charge on any atom is -0.463 e. The fourth-order valence-electron chi connectivity index (χ4n) is 3.62. The fourth-order valence-corrected chi connectivity index (χ4v) is 4.38. The molecule has 10 heteroatoms. The van der Waals surface area contributed by atoms with Crippen molar-refractivity contribution in [2.45, 2.75) is 110 Å². The number of rotatable bonds is 28. The van der Waals surface area contributed by atoms with Crippen LogP contribution in [0.15, 0.2) is 60.8 Å². The molecule has 9 nitrogen and oxygen atoms in total. The molecule has 0 aromatic carbocycles. The van der Waals surface area contributed by atoms with E-state index in [0.29, 0.717) is 19.3 Å². The molecule has 0 aromatic heterocycles. The second kappa shape index (κ2) is 29.8. The van der Waals surface area contributed by atoms with E-state index in [1.54, 1.807) is 0 Å². The zero-order valence-electron chi connectivity index (χ0n) is 26.4. The molecule has 0 fully saturated rings. The Labute approximate surface area is 259 Å². The quantitative estimate of drug-likeness (QED) is 0.0354. The van der Waals surface area contributed by atoms with Crippen LogP contribution in [0.25, 0.3) is 0 Å². The third-order valence-corrected chi connectivity index (χ3v) is 6.92. The molecule has 2 atom stereocenters. The Kier molecular flexibility index (Phi) is 28.2. The van der Waals surface area contributed by atoms with Crippen LogP contribution in [0.2, 0.25) is 0 Å². The van der Waals surface area contributed by atoms with Crippen LogP contribution in [0.1, 0.15) is 104 Å². The summed E-state index contributed by atoms with van der Waals surface area (Å²) in [7, 11) is -4.38. The van der Waals surface area contributed by atoms with E-state index in [9.17, 15) is 24.2 Å². The van der Waals surface area contributed by atoms with Crippen LogP contribution in [0.4, 0.5) is 0 Å². The molecule has 0 spiro atoms. The highest BCUT2D eigenvalue weighted by atomic mass is 31.2. The van der Waals surface area contributed by atoms with E-state index in [-0.39, 0.29) is 32.1 Å². The van der Waals surface area contributed by atoms with Gasteiger partial charge in [-0.3, -0.25) is 18.6 Å². The van der Waals surface area contributed by atoms with Crippen molar-refractivity contribution in [3.63, 3.8) is 0 Å². The lowest BCUT2D eigenvalue weighted by molar-refractivity contribution is -0.147. The molecule has 0 radical (unpaired) electrons. The first-order chi connectivity index (χ1) is 20.8. The maximum absolute atomic E-state index is 11.9. The summed E-state index contributed by atoms with van der Waals surface area (Å²) in [5.74, 6) is -0.599. The molecule has 43 heavy (non-hydrogen) atoms. The number of hydrogen-bond donors (Lipinski definition) is 3. The predicted octanol–water partition coefficient (Wildman–Crippen LogP) is 7.42. The summed E-state index contributed by atoms with van der Waals surface area (Å²) in [5, 5.41) is 12.4. The number of aliphatic hydroxyl groups excluding tert-OH is 1.